The summed E-state index contributed by atoms with van der Waals surface area (Å²) in [6.07, 6.45) is 1.01. The van der Waals surface area contributed by atoms with Crippen LogP contribution in [0.4, 0.5) is 5.69 Å². The molecule has 3 unspecified atom stereocenters. The normalized spacial score (nSPS) is 20.2. The number of nitrogens with one attached hydrogen (secondary N) is 1. The van der Waals surface area contributed by atoms with Gasteiger partial charge in [-0.3, -0.25) is 19.2 Å². The minimum Gasteiger partial charge on any atom is -0.378 e. The molecule has 9 heteroatoms. The van der Waals surface area contributed by atoms with E-state index < -0.39 is 12.1 Å². The molecule has 0 bridgehead atoms. The maximum absolute atomic E-state index is 13.6. The second-order valence-electron chi connectivity index (χ2n) is 9.81. The monoisotopic (exact) mass is 496 g/mol. The van der Waals surface area contributed by atoms with Gasteiger partial charge in [0.1, 0.15) is 12.1 Å². The Labute approximate surface area is 209 Å². The highest BCUT2D eigenvalue weighted by Gasteiger charge is 2.52. The van der Waals surface area contributed by atoms with Crippen LogP contribution in [0.3, 0.4) is 0 Å². The number of anilines is 1. The van der Waals surface area contributed by atoms with Gasteiger partial charge in [0.05, 0.1) is 17.5 Å². The first-order chi connectivity index (χ1) is 16.7. The number of carbonyl (C=O) groups excluding carboxylic acids is 4. The Kier molecular flexibility index (Phi) is 7.25. The van der Waals surface area contributed by atoms with E-state index in [1.807, 2.05) is 56.4 Å². The Morgan fingerprint density at radius 2 is 1.83 bits per heavy atom. The molecule has 1 aromatic heterocycles. The average molecular weight is 497 g/mol. The summed E-state index contributed by atoms with van der Waals surface area (Å²) < 4.78 is 0. The van der Waals surface area contributed by atoms with Crippen LogP contribution in [-0.4, -0.2) is 78.6 Å². The first-order valence-electron chi connectivity index (χ1n) is 11.9. The number of fused-ring (bicyclic) bond motifs is 1. The molecule has 186 valence electrons. The predicted octanol–water partition coefficient (Wildman–Crippen LogP) is 2.65. The summed E-state index contributed by atoms with van der Waals surface area (Å²) in [6.45, 7) is 4.38. The summed E-state index contributed by atoms with van der Waals surface area (Å²) in [5.74, 6) is -0.710. The van der Waals surface area contributed by atoms with Gasteiger partial charge in [-0.2, -0.15) is 0 Å². The van der Waals surface area contributed by atoms with Gasteiger partial charge in [-0.05, 0) is 54.5 Å². The smallest absolute Gasteiger partial charge is 0.264 e. The second kappa shape index (κ2) is 10.2. The predicted molar refractivity (Wildman–Crippen MR) is 136 cm³/mol. The van der Waals surface area contributed by atoms with Crippen LogP contribution in [0.2, 0.25) is 0 Å². The number of benzene rings is 1. The van der Waals surface area contributed by atoms with E-state index in [4.69, 9.17) is 0 Å². The number of thiophene rings is 1. The zero-order valence-electron chi connectivity index (χ0n) is 20.6. The molecule has 8 nitrogen and oxygen atoms in total. The van der Waals surface area contributed by atoms with Crippen LogP contribution in [0.5, 0.6) is 0 Å². The van der Waals surface area contributed by atoms with E-state index in [-0.39, 0.29) is 42.0 Å². The molecule has 3 heterocycles. The topological polar surface area (TPSA) is 90.0 Å². The van der Waals surface area contributed by atoms with E-state index in [2.05, 4.69) is 5.32 Å². The van der Waals surface area contributed by atoms with Crippen LogP contribution in [-0.2, 0) is 9.59 Å². The van der Waals surface area contributed by atoms with Gasteiger partial charge < -0.3 is 20.0 Å². The summed E-state index contributed by atoms with van der Waals surface area (Å²) in [5, 5.41) is 4.74. The van der Waals surface area contributed by atoms with Crippen molar-refractivity contribution in [1.29, 1.82) is 0 Å². The number of rotatable bonds is 7. The van der Waals surface area contributed by atoms with E-state index in [0.29, 0.717) is 29.8 Å². The fraction of sp³-hybridized carbons (Fsp3) is 0.462. The van der Waals surface area contributed by atoms with Crippen molar-refractivity contribution < 1.29 is 19.2 Å². The number of ketones is 1. The second-order valence-corrected chi connectivity index (χ2v) is 10.8. The third-order valence-corrected chi connectivity index (χ3v) is 7.51. The number of Topliss-reactive ketones (excluding diaryl/α,β-unsaturated/α-hetero) is 1. The summed E-state index contributed by atoms with van der Waals surface area (Å²) in [4.78, 5) is 58.2. The summed E-state index contributed by atoms with van der Waals surface area (Å²) in [7, 11) is 3.85. The maximum Gasteiger partial charge on any atom is 0.264 e. The summed E-state index contributed by atoms with van der Waals surface area (Å²) in [6, 6.07) is 9.03. The van der Waals surface area contributed by atoms with Gasteiger partial charge in [-0.25, -0.2) is 0 Å². The lowest BCUT2D eigenvalue weighted by Gasteiger charge is -2.29. The van der Waals surface area contributed by atoms with E-state index in [1.165, 1.54) is 11.3 Å². The lowest BCUT2D eigenvalue weighted by molar-refractivity contribution is -0.138. The Morgan fingerprint density at radius 1 is 1.11 bits per heavy atom. The average Bonchev–Trinajstić information content (AvgIpc) is 3.56. The zero-order chi connectivity index (χ0) is 25.3. The zero-order valence-corrected chi connectivity index (χ0v) is 21.4. The summed E-state index contributed by atoms with van der Waals surface area (Å²) >= 11 is 1.35. The van der Waals surface area contributed by atoms with Gasteiger partial charge in [0.25, 0.3) is 11.8 Å². The quantitative estimate of drug-likeness (QED) is 0.637. The molecule has 1 aromatic carbocycles. The molecule has 35 heavy (non-hydrogen) atoms. The van der Waals surface area contributed by atoms with Crippen molar-refractivity contribution in [2.75, 3.05) is 32.1 Å². The number of amides is 3. The van der Waals surface area contributed by atoms with Crippen molar-refractivity contribution in [3.63, 3.8) is 0 Å². The first kappa shape index (κ1) is 24.9. The van der Waals surface area contributed by atoms with E-state index in [0.717, 1.165) is 5.69 Å². The Balaban J connectivity index is 1.49. The van der Waals surface area contributed by atoms with E-state index >= 15 is 0 Å². The number of carbonyl (C=O) groups is 4. The van der Waals surface area contributed by atoms with Gasteiger partial charge in [-0.1, -0.05) is 19.9 Å². The maximum atomic E-state index is 13.6. The molecule has 4 rings (SSSR count). The van der Waals surface area contributed by atoms with Crippen molar-refractivity contribution >= 4 is 40.5 Å². The van der Waals surface area contributed by atoms with Crippen molar-refractivity contribution in [1.82, 2.24) is 15.1 Å². The minimum atomic E-state index is -0.746. The van der Waals surface area contributed by atoms with Crippen molar-refractivity contribution in [2.24, 2.45) is 5.92 Å². The number of likely N-dealkylation sites (tertiary alicyclic amines) is 2. The SMILES string of the molecule is CC(C)CC(NC(=O)c1ccc(N(C)C)cc1)C(=O)N1CCC2C1C(=O)CN2C(=O)c1cccs1. The van der Waals surface area contributed by atoms with Gasteiger partial charge in [0, 0.05) is 31.9 Å². The molecule has 2 saturated heterocycles. The molecular formula is C26H32N4O4S. The van der Waals surface area contributed by atoms with E-state index in [9.17, 15) is 19.2 Å². The molecule has 3 atom stereocenters. The van der Waals surface area contributed by atoms with Gasteiger partial charge in [0.2, 0.25) is 5.91 Å². The molecule has 2 aliphatic heterocycles. The fourth-order valence-corrected chi connectivity index (χ4v) is 5.61. The van der Waals surface area contributed by atoms with Crippen LogP contribution in [0, 0.1) is 5.92 Å². The van der Waals surface area contributed by atoms with Crippen molar-refractivity contribution in [3.8, 4) is 0 Å². The lowest BCUT2D eigenvalue weighted by Crippen LogP contribution is -2.53. The molecule has 0 saturated carbocycles. The fourth-order valence-electron chi connectivity index (χ4n) is 4.93. The highest BCUT2D eigenvalue weighted by molar-refractivity contribution is 7.12. The van der Waals surface area contributed by atoms with Crippen LogP contribution in [0.15, 0.2) is 41.8 Å². The van der Waals surface area contributed by atoms with Crippen LogP contribution < -0.4 is 10.2 Å². The molecule has 0 aliphatic carbocycles. The number of hydrogen-bond donors (Lipinski definition) is 1. The molecule has 0 spiro atoms. The first-order valence-corrected chi connectivity index (χ1v) is 12.8. The Hall–Kier alpha value is -3.20. The van der Waals surface area contributed by atoms with Crippen LogP contribution >= 0.6 is 11.3 Å². The Morgan fingerprint density at radius 3 is 2.43 bits per heavy atom. The minimum absolute atomic E-state index is 0.00920. The van der Waals surface area contributed by atoms with Crippen LogP contribution in [0.1, 0.15) is 46.7 Å². The molecule has 1 N–H and O–H groups in total. The molecule has 2 fully saturated rings. The lowest BCUT2D eigenvalue weighted by atomic mass is 10.0. The summed E-state index contributed by atoms with van der Waals surface area (Å²) in [5.41, 5.74) is 1.45. The van der Waals surface area contributed by atoms with Crippen LogP contribution in [0.25, 0.3) is 0 Å². The highest BCUT2D eigenvalue weighted by Crippen LogP contribution is 2.32. The number of hydrogen-bond acceptors (Lipinski definition) is 6. The molecule has 0 radical (unpaired) electrons. The largest absolute Gasteiger partial charge is 0.378 e. The molecule has 2 aromatic rings. The van der Waals surface area contributed by atoms with Gasteiger partial charge in [-0.15, -0.1) is 11.3 Å². The van der Waals surface area contributed by atoms with Crippen molar-refractivity contribution in [3.05, 3.63) is 52.2 Å². The number of nitrogens with zero attached hydrogens (tertiary/aromatic N) is 3. The van der Waals surface area contributed by atoms with Gasteiger partial charge in [0.15, 0.2) is 5.78 Å². The standard InChI is InChI=1S/C26H32N4O4S/c1-16(2)14-19(27-24(32)17-7-9-18(10-8-17)28(3)4)25(33)29-12-11-20-23(29)21(31)15-30(20)26(34)22-6-5-13-35-22/h5-10,13,16,19-20,23H,11-12,14-15H2,1-4H3,(H,27,32). The van der Waals surface area contributed by atoms with E-state index in [1.54, 1.807) is 28.0 Å². The molecule has 2 aliphatic rings. The molecule has 3 amide bonds. The Bertz CT molecular complexity index is 1100. The van der Waals surface area contributed by atoms with Crippen molar-refractivity contribution in [2.45, 2.75) is 44.8 Å². The third kappa shape index (κ3) is 5.10. The molecular weight excluding hydrogens is 464 g/mol. The third-order valence-electron chi connectivity index (χ3n) is 6.65. The van der Waals surface area contributed by atoms with Gasteiger partial charge >= 0.3 is 0 Å². The highest BCUT2D eigenvalue weighted by atomic mass is 32.1.